The molecule has 0 atom stereocenters. The van der Waals surface area contributed by atoms with Crippen LogP contribution in [0.25, 0.3) is 67.1 Å². The van der Waals surface area contributed by atoms with Crippen LogP contribution in [0.5, 0.6) is 11.5 Å². The smallest absolute Gasteiger partial charge is 0.220 e. The molecule has 0 unspecified atom stereocenters. The van der Waals surface area contributed by atoms with Gasteiger partial charge < -0.3 is 4.74 Å². The molecule has 0 aliphatic carbocycles. The number of rotatable bonds is 4. The Bertz CT molecular complexity index is 2570. The largest absolute Gasteiger partial charge is 0.457 e. The summed E-state index contributed by atoms with van der Waals surface area (Å²) in [5.74, 6) is 3.22. The van der Waals surface area contributed by atoms with Crippen molar-refractivity contribution >= 4 is 55.7 Å². The second-order valence-electron chi connectivity index (χ2n) is 11.2. The lowest BCUT2D eigenvalue weighted by Crippen LogP contribution is -1.97. The Morgan fingerprint density at radius 2 is 0.778 bits per heavy atom. The van der Waals surface area contributed by atoms with Crippen LogP contribution in [0.4, 0.5) is 0 Å². The minimum Gasteiger partial charge on any atom is -0.457 e. The molecule has 10 rings (SSSR count). The van der Waals surface area contributed by atoms with E-state index >= 15 is 0 Å². The van der Waals surface area contributed by atoms with Gasteiger partial charge in [-0.05, 0) is 72.8 Å². The lowest BCUT2D eigenvalue weighted by atomic mass is 10.2. The zero-order valence-corrected chi connectivity index (χ0v) is 23.9. The molecule has 212 valence electrons. The van der Waals surface area contributed by atoms with Gasteiger partial charge in [0.25, 0.3) is 0 Å². The molecule has 0 bridgehead atoms. The van der Waals surface area contributed by atoms with Gasteiger partial charge in [0, 0.05) is 12.1 Å². The Balaban J connectivity index is 1.09. The van der Waals surface area contributed by atoms with E-state index in [4.69, 9.17) is 14.7 Å². The highest BCUT2D eigenvalue weighted by Crippen LogP contribution is 2.33. The van der Waals surface area contributed by atoms with E-state index in [1.807, 2.05) is 36.4 Å². The number of hydrogen-bond acceptors (Lipinski definition) is 3. The summed E-state index contributed by atoms with van der Waals surface area (Å²) in [4.78, 5) is 10.0. The lowest BCUT2D eigenvalue weighted by molar-refractivity contribution is 0.482. The molecule has 0 radical (unpaired) electrons. The molecule has 0 saturated carbocycles. The summed E-state index contributed by atoms with van der Waals surface area (Å²) in [5.41, 5.74) is 10.4. The van der Waals surface area contributed by atoms with E-state index in [1.165, 1.54) is 0 Å². The summed E-state index contributed by atoms with van der Waals surface area (Å²) in [6, 6.07) is 49.7. The SMILES string of the molecule is c1cc(Oc2cccc(-n3c4ccccc4n4c5ccccc5nc34)c2)cc(-n2c3ccccc3n3c4ccccc4nc23)c1. The number of para-hydroxylation sites is 8. The van der Waals surface area contributed by atoms with E-state index in [1.54, 1.807) is 0 Å². The number of fused-ring (bicyclic) bond motifs is 10. The minimum absolute atomic E-state index is 0.741. The lowest BCUT2D eigenvalue weighted by Gasteiger charge is -2.11. The molecule has 0 amide bonds. The molecular formula is C38H24N6O. The third kappa shape index (κ3) is 3.46. The fraction of sp³-hybridized carbons (Fsp3) is 0. The zero-order valence-electron chi connectivity index (χ0n) is 23.9. The van der Waals surface area contributed by atoms with Crippen LogP contribution >= 0.6 is 0 Å². The molecule has 4 aromatic heterocycles. The molecule has 0 aliphatic heterocycles. The van der Waals surface area contributed by atoms with Crippen molar-refractivity contribution in [2.75, 3.05) is 0 Å². The minimum atomic E-state index is 0.741. The first-order valence-corrected chi connectivity index (χ1v) is 14.9. The second kappa shape index (κ2) is 9.08. The van der Waals surface area contributed by atoms with Gasteiger partial charge in [-0.3, -0.25) is 17.9 Å². The van der Waals surface area contributed by atoms with Gasteiger partial charge in [0.2, 0.25) is 11.6 Å². The van der Waals surface area contributed by atoms with Crippen molar-refractivity contribution in [3.05, 3.63) is 146 Å². The summed E-state index contributed by atoms with van der Waals surface area (Å²) in [6.07, 6.45) is 0. The Labute approximate surface area is 256 Å². The Morgan fingerprint density at radius 3 is 1.24 bits per heavy atom. The molecule has 0 aliphatic rings. The van der Waals surface area contributed by atoms with Gasteiger partial charge in [-0.15, -0.1) is 0 Å². The van der Waals surface area contributed by atoms with E-state index < -0.39 is 0 Å². The quantitative estimate of drug-likeness (QED) is 0.209. The Hall–Kier alpha value is -6.34. The molecule has 0 N–H and O–H groups in total. The molecule has 0 fully saturated rings. The van der Waals surface area contributed by atoms with Gasteiger partial charge in [0.15, 0.2) is 0 Å². The number of benzene rings is 6. The number of imidazole rings is 4. The maximum Gasteiger partial charge on any atom is 0.220 e. The van der Waals surface area contributed by atoms with E-state index in [2.05, 4.69) is 127 Å². The van der Waals surface area contributed by atoms with Crippen molar-refractivity contribution in [1.82, 2.24) is 27.9 Å². The van der Waals surface area contributed by atoms with Crippen molar-refractivity contribution in [3.8, 4) is 22.9 Å². The first-order chi connectivity index (χ1) is 22.3. The standard InChI is InChI=1S/C38H24N6O/c1-3-17-31-29(15-1)39-37-41(33-19-5-7-21-35(33)43(31)37)25-11-9-13-27(23-25)45-28-14-10-12-26(24-28)42-34-20-6-8-22-36(34)44-32-18-4-2-16-30(32)40-38(42)44/h1-24H. The summed E-state index contributed by atoms with van der Waals surface area (Å²) in [6.45, 7) is 0. The van der Waals surface area contributed by atoms with Crippen molar-refractivity contribution in [2.24, 2.45) is 0 Å². The predicted octanol–water partition coefficient (Wildman–Crippen LogP) is 8.97. The van der Waals surface area contributed by atoms with Crippen LogP contribution in [0, 0.1) is 0 Å². The average Bonchev–Trinajstić information content (AvgIpc) is 3.81. The molecule has 0 saturated heterocycles. The van der Waals surface area contributed by atoms with Crippen LogP contribution in [0.1, 0.15) is 0 Å². The molecular weight excluding hydrogens is 556 g/mol. The number of nitrogens with zero attached hydrogens (tertiary/aromatic N) is 6. The van der Waals surface area contributed by atoms with Gasteiger partial charge in [-0.1, -0.05) is 60.7 Å². The van der Waals surface area contributed by atoms with E-state index in [0.717, 1.165) is 78.6 Å². The second-order valence-corrected chi connectivity index (χ2v) is 11.2. The van der Waals surface area contributed by atoms with Crippen molar-refractivity contribution in [1.29, 1.82) is 0 Å². The van der Waals surface area contributed by atoms with Crippen LogP contribution in [0.2, 0.25) is 0 Å². The van der Waals surface area contributed by atoms with E-state index in [-0.39, 0.29) is 0 Å². The molecule has 0 spiro atoms. The predicted molar refractivity (Wildman–Crippen MR) is 179 cm³/mol. The van der Waals surface area contributed by atoms with Crippen molar-refractivity contribution in [3.63, 3.8) is 0 Å². The monoisotopic (exact) mass is 580 g/mol. The number of ether oxygens (including phenoxy) is 1. The fourth-order valence-corrected chi connectivity index (χ4v) is 6.72. The van der Waals surface area contributed by atoms with Gasteiger partial charge in [0.05, 0.1) is 55.5 Å². The topological polar surface area (TPSA) is 53.7 Å². The van der Waals surface area contributed by atoms with Gasteiger partial charge in [0.1, 0.15) is 11.5 Å². The maximum atomic E-state index is 6.54. The van der Waals surface area contributed by atoms with Crippen molar-refractivity contribution < 1.29 is 4.74 Å². The van der Waals surface area contributed by atoms with Gasteiger partial charge in [-0.2, -0.15) is 0 Å². The summed E-state index contributed by atoms with van der Waals surface area (Å²) in [5, 5.41) is 0. The maximum absolute atomic E-state index is 6.54. The Morgan fingerprint density at radius 1 is 0.378 bits per heavy atom. The molecule has 45 heavy (non-hydrogen) atoms. The van der Waals surface area contributed by atoms with Crippen LogP contribution in [0.15, 0.2) is 146 Å². The number of aromatic nitrogens is 6. The van der Waals surface area contributed by atoms with Crippen molar-refractivity contribution in [2.45, 2.75) is 0 Å². The average molecular weight is 581 g/mol. The fourth-order valence-electron chi connectivity index (χ4n) is 6.72. The van der Waals surface area contributed by atoms with E-state index in [0.29, 0.717) is 0 Å². The number of hydrogen-bond donors (Lipinski definition) is 0. The van der Waals surface area contributed by atoms with E-state index in [9.17, 15) is 0 Å². The summed E-state index contributed by atoms with van der Waals surface area (Å²) < 4.78 is 15.4. The van der Waals surface area contributed by atoms with Crippen LogP contribution in [-0.2, 0) is 0 Å². The normalized spacial score (nSPS) is 12.0. The summed E-state index contributed by atoms with van der Waals surface area (Å²) >= 11 is 0. The van der Waals surface area contributed by atoms with Crippen LogP contribution < -0.4 is 4.74 Å². The van der Waals surface area contributed by atoms with Crippen LogP contribution in [0.3, 0.4) is 0 Å². The highest BCUT2D eigenvalue weighted by atomic mass is 16.5. The zero-order chi connectivity index (χ0) is 29.5. The molecule has 7 nitrogen and oxygen atoms in total. The molecule has 10 aromatic rings. The molecule has 7 heteroatoms. The third-order valence-electron chi connectivity index (χ3n) is 8.60. The first kappa shape index (κ1) is 24.1. The molecule has 4 heterocycles. The Kier molecular flexibility index (Phi) is 4.87. The highest BCUT2D eigenvalue weighted by molar-refractivity contribution is 5.93. The summed E-state index contributed by atoms with van der Waals surface area (Å²) in [7, 11) is 0. The third-order valence-corrected chi connectivity index (χ3v) is 8.60. The van der Waals surface area contributed by atoms with Gasteiger partial charge in [-0.25, -0.2) is 9.97 Å². The first-order valence-electron chi connectivity index (χ1n) is 14.9. The van der Waals surface area contributed by atoms with Gasteiger partial charge >= 0.3 is 0 Å². The highest BCUT2D eigenvalue weighted by Gasteiger charge is 2.19. The van der Waals surface area contributed by atoms with Crippen LogP contribution in [-0.4, -0.2) is 27.9 Å². The molecule has 6 aromatic carbocycles.